The molecule has 0 aromatic heterocycles. The van der Waals surface area contributed by atoms with Crippen LogP contribution in [-0.4, -0.2) is 30.6 Å². The molecule has 0 spiro atoms. The molecule has 0 aliphatic carbocycles. The van der Waals surface area contributed by atoms with Gasteiger partial charge in [0.05, 0.1) is 0 Å². The van der Waals surface area contributed by atoms with Crippen molar-refractivity contribution in [3.63, 3.8) is 0 Å². The normalized spacial score (nSPS) is 21.8. The first-order valence-electron chi connectivity index (χ1n) is 6.58. The third-order valence-corrected chi connectivity index (χ3v) is 4.06. The molecule has 18 heavy (non-hydrogen) atoms. The van der Waals surface area contributed by atoms with Crippen molar-refractivity contribution in [3.8, 4) is 0 Å². The first-order chi connectivity index (χ1) is 8.69. The zero-order chi connectivity index (χ0) is 13.0. The lowest BCUT2D eigenvalue weighted by molar-refractivity contribution is 0.257. The van der Waals surface area contributed by atoms with Gasteiger partial charge in [-0.2, -0.15) is 0 Å². The first-order valence-corrected chi connectivity index (χ1v) is 7.34. The number of nitrogens with zero attached hydrogens (tertiary/aromatic N) is 1. The van der Waals surface area contributed by atoms with Crippen LogP contribution >= 0.6 is 23.2 Å². The minimum atomic E-state index is 0.588. The van der Waals surface area contributed by atoms with Gasteiger partial charge in [-0.25, -0.2) is 0 Å². The molecular weight excluding hydrogens is 267 g/mol. The van der Waals surface area contributed by atoms with E-state index >= 15 is 0 Å². The Hall–Kier alpha value is -0.280. The molecule has 1 unspecified atom stereocenters. The van der Waals surface area contributed by atoms with Gasteiger partial charge in [-0.1, -0.05) is 30.1 Å². The zero-order valence-corrected chi connectivity index (χ0v) is 12.3. The van der Waals surface area contributed by atoms with E-state index in [-0.39, 0.29) is 0 Å². The van der Waals surface area contributed by atoms with E-state index in [1.807, 2.05) is 18.2 Å². The maximum Gasteiger partial charge on any atom is 0.0452 e. The fourth-order valence-electron chi connectivity index (χ4n) is 2.40. The lowest BCUT2D eigenvalue weighted by Crippen LogP contribution is -2.36. The topological polar surface area (TPSA) is 15.3 Å². The Labute approximate surface area is 119 Å². The summed E-state index contributed by atoms with van der Waals surface area (Å²) in [4.78, 5) is 2.46. The van der Waals surface area contributed by atoms with Crippen molar-refractivity contribution < 1.29 is 0 Å². The molecule has 2 rings (SSSR count). The summed E-state index contributed by atoms with van der Waals surface area (Å²) >= 11 is 12.3. The number of halogens is 2. The van der Waals surface area contributed by atoms with Crippen LogP contribution < -0.4 is 5.32 Å². The van der Waals surface area contributed by atoms with Crippen molar-refractivity contribution in [2.75, 3.05) is 19.6 Å². The van der Waals surface area contributed by atoms with E-state index in [0.29, 0.717) is 6.04 Å². The van der Waals surface area contributed by atoms with Crippen molar-refractivity contribution in [1.82, 2.24) is 10.2 Å². The highest BCUT2D eigenvalue weighted by Crippen LogP contribution is 2.22. The Morgan fingerprint density at radius 3 is 3.00 bits per heavy atom. The van der Waals surface area contributed by atoms with Crippen LogP contribution in [0.1, 0.15) is 25.3 Å². The maximum atomic E-state index is 6.23. The molecule has 4 heteroatoms. The molecule has 2 nitrogen and oxygen atoms in total. The zero-order valence-electron chi connectivity index (χ0n) is 10.8. The molecular formula is C14H20Cl2N2. The van der Waals surface area contributed by atoms with Gasteiger partial charge in [-0.05, 0) is 49.7 Å². The minimum absolute atomic E-state index is 0.588. The Balaban J connectivity index is 2.04. The highest BCUT2D eigenvalue weighted by Gasteiger charge is 2.17. The molecule has 1 aliphatic rings. The molecule has 1 aromatic rings. The summed E-state index contributed by atoms with van der Waals surface area (Å²) in [6.07, 6.45) is 2.36. The van der Waals surface area contributed by atoms with Crippen LogP contribution in [0.2, 0.25) is 10.0 Å². The van der Waals surface area contributed by atoms with E-state index in [2.05, 4.69) is 17.1 Å². The van der Waals surface area contributed by atoms with E-state index in [1.165, 1.54) is 12.8 Å². The molecule has 0 bridgehead atoms. The second kappa shape index (κ2) is 6.76. The van der Waals surface area contributed by atoms with Crippen molar-refractivity contribution in [2.45, 2.75) is 32.4 Å². The number of nitrogens with one attached hydrogen (secondary N) is 1. The average molecular weight is 287 g/mol. The van der Waals surface area contributed by atoms with Crippen LogP contribution in [0.25, 0.3) is 0 Å². The van der Waals surface area contributed by atoms with Crippen molar-refractivity contribution in [1.29, 1.82) is 0 Å². The van der Waals surface area contributed by atoms with Crippen LogP contribution in [0.5, 0.6) is 0 Å². The number of rotatable bonds is 3. The molecule has 1 heterocycles. The van der Waals surface area contributed by atoms with Gasteiger partial charge in [0.15, 0.2) is 0 Å². The predicted octanol–water partition coefficient (Wildman–Crippen LogP) is 3.57. The fourth-order valence-corrected chi connectivity index (χ4v) is 2.77. The van der Waals surface area contributed by atoms with E-state index in [4.69, 9.17) is 23.2 Å². The molecule has 1 fully saturated rings. The molecule has 0 amide bonds. The van der Waals surface area contributed by atoms with E-state index in [9.17, 15) is 0 Å². The highest BCUT2D eigenvalue weighted by atomic mass is 35.5. The van der Waals surface area contributed by atoms with E-state index in [1.54, 1.807) is 0 Å². The van der Waals surface area contributed by atoms with Crippen LogP contribution in [0.4, 0.5) is 0 Å². The molecule has 0 saturated carbocycles. The second-order valence-corrected chi connectivity index (χ2v) is 5.73. The van der Waals surface area contributed by atoms with E-state index < -0.39 is 0 Å². The predicted molar refractivity (Wildman–Crippen MR) is 78.4 cm³/mol. The van der Waals surface area contributed by atoms with Crippen LogP contribution in [0.3, 0.4) is 0 Å². The molecule has 1 saturated heterocycles. The molecule has 0 radical (unpaired) electrons. The molecule has 1 atom stereocenters. The summed E-state index contributed by atoms with van der Waals surface area (Å²) < 4.78 is 0. The van der Waals surface area contributed by atoms with Gasteiger partial charge >= 0.3 is 0 Å². The van der Waals surface area contributed by atoms with Gasteiger partial charge < -0.3 is 5.32 Å². The molecule has 1 aliphatic heterocycles. The van der Waals surface area contributed by atoms with Gasteiger partial charge in [0, 0.05) is 29.2 Å². The monoisotopic (exact) mass is 286 g/mol. The lowest BCUT2D eigenvalue weighted by Gasteiger charge is -2.24. The average Bonchev–Trinajstić information content (AvgIpc) is 2.59. The van der Waals surface area contributed by atoms with E-state index in [0.717, 1.165) is 41.8 Å². The first kappa shape index (κ1) is 14.1. The van der Waals surface area contributed by atoms with Crippen molar-refractivity contribution >= 4 is 23.2 Å². The van der Waals surface area contributed by atoms with Gasteiger partial charge in [-0.15, -0.1) is 0 Å². The van der Waals surface area contributed by atoms with Gasteiger partial charge in [0.2, 0.25) is 0 Å². The summed E-state index contributed by atoms with van der Waals surface area (Å²) in [5, 5.41) is 5.14. The number of benzene rings is 1. The van der Waals surface area contributed by atoms with Crippen molar-refractivity contribution in [3.05, 3.63) is 33.8 Å². The largest absolute Gasteiger partial charge is 0.313 e. The minimum Gasteiger partial charge on any atom is -0.313 e. The smallest absolute Gasteiger partial charge is 0.0452 e. The Morgan fingerprint density at radius 1 is 1.39 bits per heavy atom. The molecule has 1 N–H and O–H groups in total. The third-order valence-electron chi connectivity index (χ3n) is 3.46. The molecule has 1 aromatic carbocycles. The summed E-state index contributed by atoms with van der Waals surface area (Å²) in [5.41, 5.74) is 1.13. The fraction of sp³-hybridized carbons (Fsp3) is 0.571. The summed E-state index contributed by atoms with van der Waals surface area (Å²) in [7, 11) is 0. The maximum absolute atomic E-state index is 6.23. The van der Waals surface area contributed by atoms with Crippen LogP contribution in [-0.2, 0) is 6.54 Å². The Kier molecular flexibility index (Phi) is 5.31. The SMILES string of the molecule is CCC1CN(Cc2cc(Cl)ccc2Cl)CCCN1. The van der Waals surface area contributed by atoms with Gasteiger partial charge in [0.25, 0.3) is 0 Å². The summed E-state index contributed by atoms with van der Waals surface area (Å²) in [5.74, 6) is 0. The van der Waals surface area contributed by atoms with Crippen LogP contribution in [0, 0.1) is 0 Å². The van der Waals surface area contributed by atoms with Gasteiger partial charge in [-0.3, -0.25) is 4.90 Å². The number of hydrogen-bond acceptors (Lipinski definition) is 2. The summed E-state index contributed by atoms with van der Waals surface area (Å²) in [6.45, 7) is 6.43. The Morgan fingerprint density at radius 2 is 2.22 bits per heavy atom. The summed E-state index contributed by atoms with van der Waals surface area (Å²) in [6, 6.07) is 6.28. The third kappa shape index (κ3) is 3.86. The lowest BCUT2D eigenvalue weighted by atomic mass is 10.1. The molecule has 100 valence electrons. The highest BCUT2D eigenvalue weighted by molar-refractivity contribution is 6.33. The van der Waals surface area contributed by atoms with Crippen molar-refractivity contribution in [2.24, 2.45) is 0 Å². The van der Waals surface area contributed by atoms with Crippen LogP contribution in [0.15, 0.2) is 18.2 Å². The van der Waals surface area contributed by atoms with Gasteiger partial charge in [0.1, 0.15) is 0 Å². The quantitative estimate of drug-likeness (QED) is 0.914. The second-order valence-electron chi connectivity index (χ2n) is 4.88. The standard InChI is InChI=1S/C14H20Cl2N2/c1-2-13-10-18(7-3-6-17-13)9-11-8-12(15)4-5-14(11)16/h4-5,8,13,17H,2-3,6-7,9-10H2,1H3. The Bertz CT molecular complexity index is 395. The number of hydrogen-bond donors (Lipinski definition) is 1.